The number of hydrogen-bond acceptors (Lipinski definition) is 4. The summed E-state index contributed by atoms with van der Waals surface area (Å²) in [6.45, 7) is 2.45. The number of rotatable bonds is 6. The molecule has 0 aromatic carbocycles. The summed E-state index contributed by atoms with van der Waals surface area (Å²) < 4.78 is 0. The van der Waals surface area contributed by atoms with Gasteiger partial charge in [-0.05, 0) is 18.5 Å². The Morgan fingerprint density at radius 2 is 2.25 bits per heavy atom. The zero-order valence-electron chi connectivity index (χ0n) is 9.85. The lowest BCUT2D eigenvalue weighted by Crippen LogP contribution is -2.38. The Hall–Kier alpha value is -0.910. The van der Waals surface area contributed by atoms with E-state index in [1.165, 1.54) is 4.88 Å². The van der Waals surface area contributed by atoms with Crippen LogP contribution in [0.25, 0.3) is 0 Å². The normalized spacial score (nSPS) is 10.8. The standard InChI is InChI=1S/C11H19N3OS/c1-13(6-5-12)9-11(15)14(2)8-10-4-3-7-16-10/h3-4,7H,5-6,8-9,12H2,1-2H3. The molecule has 90 valence electrons. The maximum absolute atomic E-state index is 11.8. The molecule has 0 radical (unpaired) electrons. The predicted octanol–water partition coefficient (Wildman–Crippen LogP) is 0.597. The fourth-order valence-corrected chi connectivity index (χ4v) is 2.13. The third kappa shape index (κ3) is 4.30. The van der Waals surface area contributed by atoms with E-state index in [9.17, 15) is 4.79 Å². The second kappa shape index (κ2) is 6.62. The van der Waals surface area contributed by atoms with Crippen LogP contribution in [0.4, 0.5) is 0 Å². The Kier molecular flexibility index (Phi) is 5.45. The molecule has 5 heteroatoms. The van der Waals surface area contributed by atoms with E-state index in [1.54, 1.807) is 16.2 Å². The van der Waals surface area contributed by atoms with Crippen molar-refractivity contribution >= 4 is 17.2 Å². The third-order valence-electron chi connectivity index (χ3n) is 2.31. The lowest BCUT2D eigenvalue weighted by Gasteiger charge is -2.20. The molecule has 0 saturated carbocycles. The second-order valence-electron chi connectivity index (χ2n) is 3.86. The lowest BCUT2D eigenvalue weighted by atomic mass is 10.4. The summed E-state index contributed by atoms with van der Waals surface area (Å²) in [5.74, 6) is 0.129. The zero-order valence-corrected chi connectivity index (χ0v) is 10.7. The Bertz CT molecular complexity index is 313. The molecule has 1 rings (SSSR count). The van der Waals surface area contributed by atoms with E-state index in [4.69, 9.17) is 5.73 Å². The Balaban J connectivity index is 2.36. The second-order valence-corrected chi connectivity index (χ2v) is 4.89. The van der Waals surface area contributed by atoms with Gasteiger partial charge in [-0.3, -0.25) is 9.69 Å². The van der Waals surface area contributed by atoms with Crippen LogP contribution in [0.3, 0.4) is 0 Å². The number of thiophene rings is 1. The molecular formula is C11H19N3OS. The Morgan fingerprint density at radius 1 is 1.50 bits per heavy atom. The molecule has 0 aliphatic rings. The van der Waals surface area contributed by atoms with Crippen LogP contribution in [0, 0.1) is 0 Å². The summed E-state index contributed by atoms with van der Waals surface area (Å²) in [6.07, 6.45) is 0. The van der Waals surface area contributed by atoms with Gasteiger partial charge in [-0.2, -0.15) is 0 Å². The summed E-state index contributed by atoms with van der Waals surface area (Å²) in [5.41, 5.74) is 5.43. The van der Waals surface area contributed by atoms with E-state index in [0.29, 0.717) is 19.6 Å². The van der Waals surface area contributed by atoms with Crippen molar-refractivity contribution in [3.63, 3.8) is 0 Å². The first-order valence-corrected chi connectivity index (χ1v) is 6.16. The van der Waals surface area contributed by atoms with Crippen molar-refractivity contribution in [3.8, 4) is 0 Å². The molecule has 0 bridgehead atoms. The number of carbonyl (C=O) groups is 1. The maximum atomic E-state index is 11.8. The highest BCUT2D eigenvalue weighted by Gasteiger charge is 2.11. The van der Waals surface area contributed by atoms with Crippen molar-refractivity contribution in [2.45, 2.75) is 6.54 Å². The fraction of sp³-hybridized carbons (Fsp3) is 0.545. The molecule has 16 heavy (non-hydrogen) atoms. The molecule has 1 amide bonds. The minimum absolute atomic E-state index is 0.129. The first kappa shape index (κ1) is 13.2. The van der Waals surface area contributed by atoms with Gasteiger partial charge in [0.1, 0.15) is 0 Å². The molecule has 2 N–H and O–H groups in total. The average molecular weight is 241 g/mol. The molecule has 0 unspecified atom stereocenters. The van der Waals surface area contributed by atoms with Gasteiger partial charge in [0.05, 0.1) is 13.1 Å². The number of nitrogens with two attached hydrogens (primary N) is 1. The molecular weight excluding hydrogens is 222 g/mol. The van der Waals surface area contributed by atoms with Crippen LogP contribution in [0.1, 0.15) is 4.88 Å². The van der Waals surface area contributed by atoms with Gasteiger partial charge in [-0.1, -0.05) is 6.07 Å². The van der Waals surface area contributed by atoms with Gasteiger partial charge < -0.3 is 10.6 Å². The molecule has 4 nitrogen and oxygen atoms in total. The van der Waals surface area contributed by atoms with Gasteiger partial charge in [0.25, 0.3) is 0 Å². The number of likely N-dealkylation sites (N-methyl/N-ethyl adjacent to an activating group) is 2. The van der Waals surface area contributed by atoms with Crippen molar-refractivity contribution in [2.24, 2.45) is 5.73 Å². The lowest BCUT2D eigenvalue weighted by molar-refractivity contribution is -0.131. The molecule has 0 fully saturated rings. The van der Waals surface area contributed by atoms with Crippen LogP contribution in [0.2, 0.25) is 0 Å². The van der Waals surface area contributed by atoms with Crippen LogP contribution in [-0.2, 0) is 11.3 Å². The van der Waals surface area contributed by atoms with Crippen LogP contribution in [0.15, 0.2) is 17.5 Å². The van der Waals surface area contributed by atoms with Gasteiger partial charge in [-0.25, -0.2) is 0 Å². The van der Waals surface area contributed by atoms with Crippen molar-refractivity contribution in [2.75, 3.05) is 33.7 Å². The first-order chi connectivity index (χ1) is 7.63. The molecule has 0 spiro atoms. The highest BCUT2D eigenvalue weighted by atomic mass is 32.1. The number of amides is 1. The molecule has 0 saturated heterocycles. The van der Waals surface area contributed by atoms with E-state index in [1.807, 2.05) is 36.5 Å². The van der Waals surface area contributed by atoms with Crippen LogP contribution < -0.4 is 5.73 Å². The van der Waals surface area contributed by atoms with E-state index < -0.39 is 0 Å². The summed E-state index contributed by atoms with van der Waals surface area (Å²) >= 11 is 1.67. The molecule has 0 aliphatic carbocycles. The van der Waals surface area contributed by atoms with Crippen molar-refractivity contribution < 1.29 is 4.79 Å². The fourth-order valence-electron chi connectivity index (χ4n) is 1.38. The van der Waals surface area contributed by atoms with Crippen molar-refractivity contribution in [1.82, 2.24) is 9.80 Å². The zero-order chi connectivity index (χ0) is 12.0. The smallest absolute Gasteiger partial charge is 0.236 e. The van der Waals surface area contributed by atoms with Gasteiger partial charge in [0.15, 0.2) is 0 Å². The summed E-state index contributed by atoms with van der Waals surface area (Å²) in [6, 6.07) is 4.04. The molecule has 0 aliphatic heterocycles. The van der Waals surface area contributed by atoms with Gasteiger partial charge in [-0.15, -0.1) is 11.3 Å². The third-order valence-corrected chi connectivity index (χ3v) is 3.18. The Labute approximate surface area is 101 Å². The Morgan fingerprint density at radius 3 is 2.81 bits per heavy atom. The first-order valence-electron chi connectivity index (χ1n) is 5.28. The predicted molar refractivity (Wildman–Crippen MR) is 67.3 cm³/mol. The summed E-state index contributed by atoms with van der Waals surface area (Å²) in [4.78, 5) is 16.7. The SMILES string of the molecule is CN(CCN)CC(=O)N(C)Cc1cccs1. The van der Waals surface area contributed by atoms with E-state index >= 15 is 0 Å². The molecule has 1 aromatic rings. The van der Waals surface area contributed by atoms with Gasteiger partial charge in [0.2, 0.25) is 5.91 Å². The number of hydrogen-bond donors (Lipinski definition) is 1. The number of nitrogens with zero attached hydrogens (tertiary/aromatic N) is 2. The molecule has 1 aromatic heterocycles. The highest BCUT2D eigenvalue weighted by Crippen LogP contribution is 2.10. The topological polar surface area (TPSA) is 49.6 Å². The number of carbonyl (C=O) groups excluding carboxylic acids is 1. The van der Waals surface area contributed by atoms with Crippen LogP contribution >= 0.6 is 11.3 Å². The monoisotopic (exact) mass is 241 g/mol. The molecule has 1 heterocycles. The minimum Gasteiger partial charge on any atom is -0.340 e. The largest absolute Gasteiger partial charge is 0.340 e. The highest BCUT2D eigenvalue weighted by molar-refractivity contribution is 7.09. The van der Waals surface area contributed by atoms with Crippen LogP contribution in [0.5, 0.6) is 0 Å². The van der Waals surface area contributed by atoms with Gasteiger partial charge in [0, 0.05) is 25.0 Å². The summed E-state index contributed by atoms with van der Waals surface area (Å²) in [5, 5.41) is 2.02. The molecule has 0 atom stereocenters. The van der Waals surface area contributed by atoms with Crippen LogP contribution in [-0.4, -0.2) is 49.4 Å². The average Bonchev–Trinajstić information content (AvgIpc) is 2.70. The van der Waals surface area contributed by atoms with Crippen molar-refractivity contribution in [1.29, 1.82) is 0 Å². The van der Waals surface area contributed by atoms with Gasteiger partial charge >= 0.3 is 0 Å². The van der Waals surface area contributed by atoms with E-state index in [2.05, 4.69) is 0 Å². The maximum Gasteiger partial charge on any atom is 0.236 e. The summed E-state index contributed by atoms with van der Waals surface area (Å²) in [7, 11) is 3.74. The van der Waals surface area contributed by atoms with E-state index in [0.717, 1.165) is 6.54 Å². The quantitative estimate of drug-likeness (QED) is 0.793. The minimum atomic E-state index is 0.129. The van der Waals surface area contributed by atoms with E-state index in [-0.39, 0.29) is 5.91 Å². The van der Waals surface area contributed by atoms with Crippen molar-refractivity contribution in [3.05, 3.63) is 22.4 Å².